The van der Waals surface area contributed by atoms with Crippen LogP contribution in [0.2, 0.25) is 0 Å². The molecule has 0 atom stereocenters. The van der Waals surface area contributed by atoms with Crippen LogP contribution in [0.5, 0.6) is 0 Å². The highest BCUT2D eigenvalue weighted by Crippen LogP contribution is 2.23. The Morgan fingerprint density at radius 1 is 1.35 bits per heavy atom. The van der Waals surface area contributed by atoms with Gasteiger partial charge in [-0.3, -0.25) is 4.79 Å². The van der Waals surface area contributed by atoms with Gasteiger partial charge in [-0.15, -0.1) is 0 Å². The molecule has 2 aromatic rings. The van der Waals surface area contributed by atoms with Crippen LogP contribution in [0.1, 0.15) is 29.0 Å². The number of benzene rings is 1. The van der Waals surface area contributed by atoms with Crippen molar-refractivity contribution in [3.05, 3.63) is 47.9 Å². The molecule has 3 rings (SSSR count). The summed E-state index contributed by atoms with van der Waals surface area (Å²) in [6.07, 6.45) is 3.74. The molecule has 1 aromatic carbocycles. The molecule has 1 saturated carbocycles. The molecule has 5 heteroatoms. The molecule has 0 bridgehead atoms. The van der Waals surface area contributed by atoms with E-state index in [1.165, 1.54) is 0 Å². The minimum absolute atomic E-state index is 0.0817. The molecular weight excluding hydrogens is 254 g/mol. The van der Waals surface area contributed by atoms with E-state index in [4.69, 9.17) is 10.2 Å². The third-order valence-corrected chi connectivity index (χ3v) is 3.23. The van der Waals surface area contributed by atoms with Crippen molar-refractivity contribution in [1.29, 1.82) is 0 Å². The molecule has 1 heterocycles. The highest BCUT2D eigenvalue weighted by Gasteiger charge is 2.24. The summed E-state index contributed by atoms with van der Waals surface area (Å²) in [5, 5.41) is 6.18. The molecule has 4 N–H and O–H groups in total. The van der Waals surface area contributed by atoms with E-state index >= 15 is 0 Å². The SMILES string of the molecule is Nc1ccc(NCc2ccco2)c(C(=O)NC2CC2)c1. The molecule has 0 aliphatic heterocycles. The zero-order valence-electron chi connectivity index (χ0n) is 11.1. The molecule has 1 aromatic heterocycles. The number of carbonyl (C=O) groups excluding carboxylic acids is 1. The molecule has 0 saturated heterocycles. The van der Waals surface area contributed by atoms with Gasteiger partial charge in [0, 0.05) is 17.4 Å². The van der Waals surface area contributed by atoms with Crippen LogP contribution in [-0.4, -0.2) is 11.9 Å². The first-order valence-corrected chi connectivity index (χ1v) is 6.69. The molecule has 1 aliphatic rings. The van der Waals surface area contributed by atoms with Crippen molar-refractivity contribution in [3.8, 4) is 0 Å². The van der Waals surface area contributed by atoms with Crippen LogP contribution < -0.4 is 16.4 Å². The van der Waals surface area contributed by atoms with Crippen LogP contribution in [0.15, 0.2) is 41.0 Å². The Kier molecular flexibility index (Phi) is 3.33. The van der Waals surface area contributed by atoms with E-state index in [0.717, 1.165) is 24.3 Å². The fraction of sp³-hybridized carbons (Fsp3) is 0.267. The summed E-state index contributed by atoms with van der Waals surface area (Å²) in [7, 11) is 0. The van der Waals surface area contributed by atoms with Gasteiger partial charge >= 0.3 is 0 Å². The van der Waals surface area contributed by atoms with Gasteiger partial charge in [0.2, 0.25) is 0 Å². The van der Waals surface area contributed by atoms with Crippen LogP contribution in [0.4, 0.5) is 11.4 Å². The number of nitrogens with two attached hydrogens (primary N) is 1. The monoisotopic (exact) mass is 271 g/mol. The van der Waals surface area contributed by atoms with Gasteiger partial charge in [-0.25, -0.2) is 0 Å². The lowest BCUT2D eigenvalue weighted by Crippen LogP contribution is -2.26. The average molecular weight is 271 g/mol. The third-order valence-electron chi connectivity index (χ3n) is 3.23. The van der Waals surface area contributed by atoms with Crippen molar-refractivity contribution < 1.29 is 9.21 Å². The first-order chi connectivity index (χ1) is 9.72. The van der Waals surface area contributed by atoms with E-state index in [-0.39, 0.29) is 5.91 Å². The molecule has 20 heavy (non-hydrogen) atoms. The van der Waals surface area contributed by atoms with Crippen molar-refractivity contribution >= 4 is 17.3 Å². The topological polar surface area (TPSA) is 80.3 Å². The summed E-state index contributed by atoms with van der Waals surface area (Å²) in [6.45, 7) is 0.528. The Morgan fingerprint density at radius 3 is 2.90 bits per heavy atom. The first kappa shape index (κ1) is 12.6. The van der Waals surface area contributed by atoms with Crippen LogP contribution in [0, 0.1) is 0 Å². The van der Waals surface area contributed by atoms with Crippen molar-refractivity contribution in [1.82, 2.24) is 5.32 Å². The summed E-state index contributed by atoms with van der Waals surface area (Å²) >= 11 is 0. The molecular formula is C15H17N3O2. The quantitative estimate of drug-likeness (QED) is 0.729. The second kappa shape index (κ2) is 5.28. The second-order valence-corrected chi connectivity index (χ2v) is 4.99. The number of hydrogen-bond acceptors (Lipinski definition) is 4. The van der Waals surface area contributed by atoms with Gasteiger partial charge in [-0.1, -0.05) is 0 Å². The number of carbonyl (C=O) groups is 1. The van der Waals surface area contributed by atoms with E-state index in [2.05, 4.69) is 10.6 Å². The largest absolute Gasteiger partial charge is 0.467 e. The number of furan rings is 1. The van der Waals surface area contributed by atoms with Gasteiger partial charge in [0.25, 0.3) is 5.91 Å². The number of anilines is 2. The molecule has 104 valence electrons. The second-order valence-electron chi connectivity index (χ2n) is 4.99. The average Bonchev–Trinajstić information content (AvgIpc) is 3.09. The molecule has 5 nitrogen and oxygen atoms in total. The van der Waals surface area contributed by atoms with E-state index in [9.17, 15) is 4.79 Å². The van der Waals surface area contributed by atoms with Crippen molar-refractivity contribution in [3.63, 3.8) is 0 Å². The first-order valence-electron chi connectivity index (χ1n) is 6.69. The summed E-state index contributed by atoms with van der Waals surface area (Å²) in [4.78, 5) is 12.2. The van der Waals surface area contributed by atoms with Crippen LogP contribution in [0.25, 0.3) is 0 Å². The highest BCUT2D eigenvalue weighted by atomic mass is 16.3. The van der Waals surface area contributed by atoms with Gasteiger partial charge in [0.05, 0.1) is 18.4 Å². The van der Waals surface area contributed by atoms with E-state index < -0.39 is 0 Å². The minimum Gasteiger partial charge on any atom is -0.467 e. The predicted molar refractivity (Wildman–Crippen MR) is 77.4 cm³/mol. The van der Waals surface area contributed by atoms with Crippen molar-refractivity contribution in [2.24, 2.45) is 0 Å². The number of nitrogens with one attached hydrogen (secondary N) is 2. The fourth-order valence-electron chi connectivity index (χ4n) is 1.99. The van der Waals surface area contributed by atoms with Gasteiger partial charge in [0.1, 0.15) is 5.76 Å². The number of rotatable bonds is 5. The number of hydrogen-bond donors (Lipinski definition) is 3. The molecule has 1 aliphatic carbocycles. The number of amides is 1. The smallest absolute Gasteiger partial charge is 0.253 e. The van der Waals surface area contributed by atoms with E-state index in [0.29, 0.717) is 23.8 Å². The molecule has 0 radical (unpaired) electrons. The zero-order valence-corrected chi connectivity index (χ0v) is 11.1. The molecule has 0 unspecified atom stereocenters. The lowest BCUT2D eigenvalue weighted by molar-refractivity contribution is 0.0952. The Morgan fingerprint density at radius 2 is 2.20 bits per heavy atom. The molecule has 1 amide bonds. The van der Waals surface area contributed by atoms with Crippen molar-refractivity contribution in [2.75, 3.05) is 11.1 Å². The lowest BCUT2D eigenvalue weighted by Gasteiger charge is -2.12. The Hall–Kier alpha value is -2.43. The third kappa shape index (κ3) is 2.93. The predicted octanol–water partition coefficient (Wildman–Crippen LogP) is 2.37. The standard InChI is InChI=1S/C15H17N3O2/c16-10-3-6-14(17-9-12-2-1-7-20-12)13(8-10)15(19)18-11-4-5-11/h1-3,6-8,11,17H,4-5,9,16H2,(H,18,19). The minimum atomic E-state index is -0.0817. The van der Waals surface area contributed by atoms with E-state index in [1.807, 2.05) is 18.2 Å². The van der Waals surface area contributed by atoms with Gasteiger partial charge in [0.15, 0.2) is 0 Å². The summed E-state index contributed by atoms with van der Waals surface area (Å²) in [6, 6.07) is 9.33. The van der Waals surface area contributed by atoms with Crippen LogP contribution in [-0.2, 0) is 6.54 Å². The van der Waals surface area contributed by atoms with Crippen molar-refractivity contribution in [2.45, 2.75) is 25.4 Å². The van der Waals surface area contributed by atoms with Crippen LogP contribution in [0.3, 0.4) is 0 Å². The van der Waals surface area contributed by atoms with Crippen LogP contribution >= 0.6 is 0 Å². The lowest BCUT2D eigenvalue weighted by atomic mass is 10.1. The number of nitrogen functional groups attached to an aromatic ring is 1. The van der Waals surface area contributed by atoms with Gasteiger partial charge in [-0.05, 0) is 43.2 Å². The summed E-state index contributed by atoms with van der Waals surface area (Å²) < 4.78 is 5.27. The Bertz CT molecular complexity index is 604. The maximum atomic E-state index is 12.2. The summed E-state index contributed by atoms with van der Waals surface area (Å²) in [5.41, 5.74) is 7.69. The Labute approximate surface area is 117 Å². The maximum Gasteiger partial charge on any atom is 0.253 e. The Balaban J connectivity index is 1.76. The van der Waals surface area contributed by atoms with Gasteiger partial charge < -0.3 is 20.8 Å². The molecule has 1 fully saturated rings. The van der Waals surface area contributed by atoms with Gasteiger partial charge in [-0.2, -0.15) is 0 Å². The van der Waals surface area contributed by atoms with E-state index in [1.54, 1.807) is 18.4 Å². The summed E-state index contributed by atoms with van der Waals surface area (Å²) in [5.74, 6) is 0.733. The zero-order chi connectivity index (χ0) is 13.9. The highest BCUT2D eigenvalue weighted by molar-refractivity contribution is 6.00. The fourth-order valence-corrected chi connectivity index (χ4v) is 1.99. The maximum absolute atomic E-state index is 12.2. The molecule has 0 spiro atoms. The normalized spacial score (nSPS) is 14.0.